The Morgan fingerprint density at radius 3 is 2.67 bits per heavy atom. The molecule has 21 heavy (non-hydrogen) atoms. The van der Waals surface area contributed by atoms with E-state index in [4.69, 9.17) is 0 Å². The lowest BCUT2D eigenvalue weighted by Gasteiger charge is -2.05. The van der Waals surface area contributed by atoms with Crippen molar-refractivity contribution < 1.29 is 0 Å². The molecule has 102 valence electrons. The molecule has 2 aromatic heterocycles. The van der Waals surface area contributed by atoms with Crippen molar-refractivity contribution in [2.24, 2.45) is 0 Å². The Labute approximate surface area is 122 Å². The number of benzene rings is 2. The van der Waals surface area contributed by atoms with Crippen LogP contribution in [0.5, 0.6) is 0 Å². The van der Waals surface area contributed by atoms with E-state index in [2.05, 4.69) is 39.6 Å². The summed E-state index contributed by atoms with van der Waals surface area (Å²) < 4.78 is 1.94. The maximum absolute atomic E-state index is 4.23. The number of rotatable bonds is 3. The van der Waals surface area contributed by atoms with Gasteiger partial charge in [0.2, 0.25) is 0 Å². The van der Waals surface area contributed by atoms with Gasteiger partial charge in [0.05, 0.1) is 18.4 Å². The number of aromatic amines is 1. The molecule has 0 bridgehead atoms. The van der Waals surface area contributed by atoms with Crippen LogP contribution in [0.15, 0.2) is 67.0 Å². The van der Waals surface area contributed by atoms with Crippen molar-refractivity contribution in [1.82, 2.24) is 20.0 Å². The molecule has 0 aliphatic rings. The minimum Gasteiger partial charge on any atom is -0.360 e. The van der Waals surface area contributed by atoms with Gasteiger partial charge in [0.25, 0.3) is 0 Å². The highest BCUT2D eigenvalue weighted by Crippen LogP contribution is 2.27. The van der Waals surface area contributed by atoms with Gasteiger partial charge < -0.3 is 4.98 Å². The van der Waals surface area contributed by atoms with Crippen LogP contribution in [-0.4, -0.2) is 20.0 Å². The van der Waals surface area contributed by atoms with Crippen LogP contribution in [0.25, 0.3) is 22.2 Å². The molecule has 4 rings (SSSR count). The molecule has 0 saturated heterocycles. The number of H-pyrrole nitrogens is 1. The number of hydrogen-bond donors (Lipinski definition) is 1. The van der Waals surface area contributed by atoms with Crippen LogP contribution in [0, 0.1) is 0 Å². The maximum atomic E-state index is 4.23. The second-order valence-corrected chi connectivity index (χ2v) is 5.01. The van der Waals surface area contributed by atoms with Gasteiger partial charge in [-0.15, -0.1) is 5.10 Å². The third-order valence-corrected chi connectivity index (χ3v) is 3.66. The lowest BCUT2D eigenvalue weighted by Crippen LogP contribution is -2.03. The standard InChI is InChI=1S/C17H14N4/c1-2-6-13(7-3-1)12-21-17(11-19-20-21)15-10-18-16-9-5-4-8-14(15)16/h1-11,18H,12H2. The Bertz CT molecular complexity index is 874. The Hall–Kier alpha value is -2.88. The summed E-state index contributed by atoms with van der Waals surface area (Å²) >= 11 is 0. The number of nitrogens with one attached hydrogen (secondary N) is 1. The summed E-state index contributed by atoms with van der Waals surface area (Å²) in [7, 11) is 0. The molecule has 4 nitrogen and oxygen atoms in total. The van der Waals surface area contributed by atoms with E-state index in [0.717, 1.165) is 23.3 Å². The van der Waals surface area contributed by atoms with Crippen LogP contribution in [0.3, 0.4) is 0 Å². The Kier molecular flexibility index (Phi) is 2.78. The molecule has 0 aliphatic carbocycles. The zero-order chi connectivity index (χ0) is 14.1. The lowest BCUT2D eigenvalue weighted by molar-refractivity contribution is 0.656. The van der Waals surface area contributed by atoms with Crippen LogP contribution in [0.2, 0.25) is 0 Å². The molecule has 4 heteroatoms. The van der Waals surface area contributed by atoms with Crippen LogP contribution in [0.4, 0.5) is 0 Å². The average Bonchev–Trinajstić information content (AvgIpc) is 3.14. The van der Waals surface area contributed by atoms with Gasteiger partial charge in [0.1, 0.15) is 0 Å². The van der Waals surface area contributed by atoms with Crippen molar-refractivity contribution in [2.75, 3.05) is 0 Å². The number of fused-ring (bicyclic) bond motifs is 1. The molecular formula is C17H14N4. The van der Waals surface area contributed by atoms with E-state index in [1.807, 2.05) is 47.4 Å². The molecule has 0 atom stereocenters. The molecule has 0 spiro atoms. The number of para-hydroxylation sites is 1. The highest BCUT2D eigenvalue weighted by Gasteiger charge is 2.11. The Morgan fingerprint density at radius 2 is 1.76 bits per heavy atom. The largest absolute Gasteiger partial charge is 0.360 e. The first-order valence-corrected chi connectivity index (χ1v) is 6.91. The Morgan fingerprint density at radius 1 is 0.952 bits per heavy atom. The van der Waals surface area contributed by atoms with Gasteiger partial charge in [0, 0.05) is 22.7 Å². The summed E-state index contributed by atoms with van der Waals surface area (Å²) in [5, 5.41) is 9.50. The summed E-state index contributed by atoms with van der Waals surface area (Å²) in [6.45, 7) is 0.718. The maximum Gasteiger partial charge on any atom is 0.0910 e. The van der Waals surface area contributed by atoms with Gasteiger partial charge in [-0.05, 0) is 11.6 Å². The fourth-order valence-electron chi connectivity index (χ4n) is 2.62. The van der Waals surface area contributed by atoms with Crippen LogP contribution < -0.4 is 0 Å². The highest BCUT2D eigenvalue weighted by atomic mass is 15.4. The van der Waals surface area contributed by atoms with Gasteiger partial charge >= 0.3 is 0 Å². The summed E-state index contributed by atoms with van der Waals surface area (Å²) in [6, 6.07) is 18.6. The van der Waals surface area contributed by atoms with Crippen LogP contribution >= 0.6 is 0 Å². The zero-order valence-electron chi connectivity index (χ0n) is 11.4. The van der Waals surface area contributed by atoms with Crippen LogP contribution in [0.1, 0.15) is 5.56 Å². The minimum atomic E-state index is 0.718. The summed E-state index contributed by atoms with van der Waals surface area (Å²) in [5.41, 5.74) is 4.49. The smallest absolute Gasteiger partial charge is 0.0910 e. The molecule has 0 unspecified atom stereocenters. The van der Waals surface area contributed by atoms with E-state index in [-0.39, 0.29) is 0 Å². The van der Waals surface area contributed by atoms with E-state index >= 15 is 0 Å². The van der Waals surface area contributed by atoms with Crippen LogP contribution in [-0.2, 0) is 6.54 Å². The summed E-state index contributed by atoms with van der Waals surface area (Å²) in [4.78, 5) is 3.30. The van der Waals surface area contributed by atoms with Gasteiger partial charge in [0.15, 0.2) is 0 Å². The Balaban J connectivity index is 1.78. The predicted octanol–water partition coefficient (Wildman–Crippen LogP) is 3.47. The van der Waals surface area contributed by atoms with Crippen molar-refractivity contribution in [2.45, 2.75) is 6.54 Å². The molecule has 2 aromatic carbocycles. The van der Waals surface area contributed by atoms with Crippen molar-refractivity contribution in [3.05, 3.63) is 72.6 Å². The molecule has 0 fully saturated rings. The summed E-state index contributed by atoms with van der Waals surface area (Å²) in [5.74, 6) is 0. The molecule has 0 aliphatic heterocycles. The van der Waals surface area contributed by atoms with Crippen molar-refractivity contribution in [3.8, 4) is 11.3 Å². The summed E-state index contributed by atoms with van der Waals surface area (Å²) in [6.07, 6.45) is 3.84. The fraction of sp³-hybridized carbons (Fsp3) is 0.0588. The number of nitrogens with zero attached hydrogens (tertiary/aromatic N) is 3. The van der Waals surface area contributed by atoms with E-state index in [0.29, 0.717) is 0 Å². The average molecular weight is 274 g/mol. The lowest BCUT2D eigenvalue weighted by atomic mass is 10.1. The first-order chi connectivity index (χ1) is 10.4. The van der Waals surface area contributed by atoms with Gasteiger partial charge in [-0.3, -0.25) is 0 Å². The van der Waals surface area contributed by atoms with Gasteiger partial charge in [-0.25, -0.2) is 4.68 Å². The van der Waals surface area contributed by atoms with Crippen molar-refractivity contribution in [1.29, 1.82) is 0 Å². The highest BCUT2D eigenvalue weighted by molar-refractivity contribution is 5.94. The second kappa shape index (κ2) is 4.90. The number of aromatic nitrogens is 4. The number of hydrogen-bond acceptors (Lipinski definition) is 2. The molecule has 0 radical (unpaired) electrons. The minimum absolute atomic E-state index is 0.718. The third kappa shape index (κ3) is 2.10. The van der Waals surface area contributed by atoms with Crippen molar-refractivity contribution in [3.63, 3.8) is 0 Å². The molecule has 0 saturated carbocycles. The van der Waals surface area contributed by atoms with E-state index in [1.54, 1.807) is 0 Å². The third-order valence-electron chi connectivity index (χ3n) is 3.66. The van der Waals surface area contributed by atoms with Gasteiger partial charge in [-0.2, -0.15) is 0 Å². The molecule has 4 aromatic rings. The predicted molar refractivity (Wildman–Crippen MR) is 82.9 cm³/mol. The quantitative estimate of drug-likeness (QED) is 0.621. The van der Waals surface area contributed by atoms with Gasteiger partial charge in [-0.1, -0.05) is 53.7 Å². The fourth-order valence-corrected chi connectivity index (χ4v) is 2.62. The first-order valence-electron chi connectivity index (χ1n) is 6.91. The molecular weight excluding hydrogens is 260 g/mol. The SMILES string of the molecule is c1ccc(Cn2nncc2-c2c[nH]c3ccccc23)cc1. The molecule has 1 N–H and O–H groups in total. The van der Waals surface area contributed by atoms with E-state index in [9.17, 15) is 0 Å². The second-order valence-electron chi connectivity index (χ2n) is 5.01. The van der Waals surface area contributed by atoms with E-state index in [1.165, 1.54) is 10.9 Å². The normalized spacial score (nSPS) is 11.0. The monoisotopic (exact) mass is 274 g/mol. The zero-order valence-corrected chi connectivity index (χ0v) is 11.4. The molecule has 2 heterocycles. The first kappa shape index (κ1) is 11.9. The molecule has 0 amide bonds. The van der Waals surface area contributed by atoms with Crippen molar-refractivity contribution >= 4 is 10.9 Å². The van der Waals surface area contributed by atoms with E-state index < -0.39 is 0 Å². The topological polar surface area (TPSA) is 46.5 Å².